The fraction of sp³-hybridized carbons (Fsp3) is 0.467. The molecule has 3 rings (SSSR count). The van der Waals surface area contributed by atoms with E-state index in [-0.39, 0.29) is 0 Å². The Balaban J connectivity index is 1.78. The maximum atomic E-state index is 5.71. The SMILES string of the molecule is NCc1ccc2[nH]cc(CNC3CCCC3)c2c1. The highest BCUT2D eigenvalue weighted by molar-refractivity contribution is 5.83. The standard InChI is InChI=1S/C15H21N3/c16-8-11-5-6-15-14(7-11)12(10-18-15)9-17-13-3-1-2-4-13/h5-7,10,13,17-18H,1-4,8-9,16H2. The van der Waals surface area contributed by atoms with Crippen LogP contribution in [0.1, 0.15) is 36.8 Å². The van der Waals surface area contributed by atoms with E-state index in [1.807, 2.05) is 0 Å². The first-order chi connectivity index (χ1) is 8.86. The van der Waals surface area contributed by atoms with Crippen LogP contribution in [0, 0.1) is 0 Å². The highest BCUT2D eigenvalue weighted by Crippen LogP contribution is 2.22. The zero-order valence-corrected chi connectivity index (χ0v) is 10.7. The average Bonchev–Trinajstić information content (AvgIpc) is 3.05. The molecule has 2 aromatic rings. The smallest absolute Gasteiger partial charge is 0.0457 e. The predicted molar refractivity (Wildman–Crippen MR) is 75.3 cm³/mol. The van der Waals surface area contributed by atoms with Crippen molar-refractivity contribution in [3.05, 3.63) is 35.5 Å². The molecule has 3 heteroatoms. The lowest BCUT2D eigenvalue weighted by Gasteiger charge is -2.11. The predicted octanol–water partition coefficient (Wildman–Crippen LogP) is 2.66. The van der Waals surface area contributed by atoms with Gasteiger partial charge >= 0.3 is 0 Å². The molecule has 0 unspecified atom stereocenters. The fourth-order valence-electron chi connectivity index (χ4n) is 2.88. The molecule has 0 amide bonds. The van der Waals surface area contributed by atoms with Gasteiger partial charge in [0.25, 0.3) is 0 Å². The van der Waals surface area contributed by atoms with Gasteiger partial charge in [-0.05, 0) is 36.1 Å². The van der Waals surface area contributed by atoms with Crippen molar-refractivity contribution in [2.24, 2.45) is 5.73 Å². The lowest BCUT2D eigenvalue weighted by atomic mass is 10.1. The molecule has 1 heterocycles. The molecule has 1 saturated carbocycles. The zero-order chi connectivity index (χ0) is 12.4. The molecule has 1 aliphatic rings. The van der Waals surface area contributed by atoms with Gasteiger partial charge in [-0.15, -0.1) is 0 Å². The molecule has 0 bridgehead atoms. The summed E-state index contributed by atoms with van der Waals surface area (Å²) in [7, 11) is 0. The number of nitrogens with two attached hydrogens (primary N) is 1. The number of hydrogen-bond donors (Lipinski definition) is 3. The third-order valence-corrected chi connectivity index (χ3v) is 4.00. The number of H-pyrrole nitrogens is 1. The minimum Gasteiger partial charge on any atom is -0.361 e. The number of hydrogen-bond acceptors (Lipinski definition) is 2. The fourth-order valence-corrected chi connectivity index (χ4v) is 2.88. The Morgan fingerprint density at radius 1 is 1.28 bits per heavy atom. The number of aromatic amines is 1. The van der Waals surface area contributed by atoms with Gasteiger partial charge in [-0.25, -0.2) is 0 Å². The van der Waals surface area contributed by atoms with E-state index in [1.54, 1.807) is 0 Å². The van der Waals surface area contributed by atoms with Gasteiger partial charge in [-0.1, -0.05) is 18.9 Å². The van der Waals surface area contributed by atoms with Gasteiger partial charge in [0.05, 0.1) is 0 Å². The first-order valence-electron chi connectivity index (χ1n) is 6.89. The molecule has 1 aromatic carbocycles. The van der Waals surface area contributed by atoms with Crippen molar-refractivity contribution >= 4 is 10.9 Å². The molecule has 0 atom stereocenters. The molecule has 0 spiro atoms. The van der Waals surface area contributed by atoms with Crippen LogP contribution in [0.4, 0.5) is 0 Å². The minimum atomic E-state index is 0.608. The average molecular weight is 243 g/mol. The molecule has 3 nitrogen and oxygen atoms in total. The second-order valence-electron chi connectivity index (χ2n) is 5.26. The van der Waals surface area contributed by atoms with E-state index in [0.29, 0.717) is 12.6 Å². The maximum Gasteiger partial charge on any atom is 0.0457 e. The third kappa shape index (κ3) is 2.28. The van der Waals surface area contributed by atoms with Crippen molar-refractivity contribution in [1.29, 1.82) is 0 Å². The van der Waals surface area contributed by atoms with Gasteiger partial charge in [0, 0.05) is 36.2 Å². The van der Waals surface area contributed by atoms with Gasteiger partial charge in [-0.3, -0.25) is 0 Å². The highest BCUT2D eigenvalue weighted by atomic mass is 14.9. The number of fused-ring (bicyclic) bond motifs is 1. The van der Waals surface area contributed by atoms with E-state index < -0.39 is 0 Å². The first-order valence-corrected chi connectivity index (χ1v) is 6.89. The summed E-state index contributed by atoms with van der Waals surface area (Å²) in [6.45, 7) is 1.56. The molecule has 0 saturated heterocycles. The molecule has 1 aliphatic carbocycles. The largest absolute Gasteiger partial charge is 0.361 e. The summed E-state index contributed by atoms with van der Waals surface area (Å²) in [6, 6.07) is 7.13. The second-order valence-corrected chi connectivity index (χ2v) is 5.26. The maximum absolute atomic E-state index is 5.71. The van der Waals surface area contributed by atoms with Crippen molar-refractivity contribution in [2.75, 3.05) is 0 Å². The molecule has 0 radical (unpaired) electrons. The third-order valence-electron chi connectivity index (χ3n) is 4.00. The lowest BCUT2D eigenvalue weighted by molar-refractivity contribution is 0.525. The Morgan fingerprint density at radius 3 is 2.89 bits per heavy atom. The molecule has 0 aliphatic heterocycles. The van der Waals surface area contributed by atoms with Gasteiger partial charge in [0.15, 0.2) is 0 Å². The monoisotopic (exact) mass is 243 g/mol. The number of nitrogens with one attached hydrogen (secondary N) is 2. The summed E-state index contributed by atoms with van der Waals surface area (Å²) in [5, 5.41) is 4.97. The Kier molecular flexibility index (Phi) is 3.35. The van der Waals surface area contributed by atoms with Crippen LogP contribution >= 0.6 is 0 Å². The second kappa shape index (κ2) is 5.12. The zero-order valence-electron chi connectivity index (χ0n) is 10.7. The molecule has 4 N–H and O–H groups in total. The Bertz CT molecular complexity index is 524. The highest BCUT2D eigenvalue weighted by Gasteiger charge is 2.14. The summed E-state index contributed by atoms with van der Waals surface area (Å²) in [6.07, 6.45) is 7.53. The van der Waals surface area contributed by atoms with Crippen molar-refractivity contribution in [3.63, 3.8) is 0 Å². The van der Waals surface area contributed by atoms with E-state index in [9.17, 15) is 0 Å². The van der Waals surface area contributed by atoms with Crippen LogP contribution in [-0.2, 0) is 13.1 Å². The molecular weight excluding hydrogens is 222 g/mol. The topological polar surface area (TPSA) is 53.8 Å². The quantitative estimate of drug-likeness (QED) is 0.773. The number of aromatic nitrogens is 1. The van der Waals surface area contributed by atoms with Crippen LogP contribution in [-0.4, -0.2) is 11.0 Å². The number of benzene rings is 1. The van der Waals surface area contributed by atoms with Crippen LogP contribution in [0.15, 0.2) is 24.4 Å². The van der Waals surface area contributed by atoms with Gasteiger partial charge in [-0.2, -0.15) is 0 Å². The Morgan fingerprint density at radius 2 is 2.11 bits per heavy atom. The van der Waals surface area contributed by atoms with Crippen molar-refractivity contribution in [1.82, 2.24) is 10.3 Å². The summed E-state index contributed by atoms with van der Waals surface area (Å²) in [4.78, 5) is 3.33. The van der Waals surface area contributed by atoms with E-state index in [1.165, 1.54) is 47.7 Å². The van der Waals surface area contributed by atoms with E-state index in [4.69, 9.17) is 5.73 Å². The van der Waals surface area contributed by atoms with Gasteiger partial charge < -0.3 is 16.0 Å². The van der Waals surface area contributed by atoms with Crippen molar-refractivity contribution < 1.29 is 0 Å². The molecule has 1 aromatic heterocycles. The summed E-state index contributed by atoms with van der Waals surface area (Å²) in [5.41, 5.74) is 9.46. The minimum absolute atomic E-state index is 0.608. The molecule has 18 heavy (non-hydrogen) atoms. The lowest BCUT2D eigenvalue weighted by Crippen LogP contribution is -2.25. The van der Waals surface area contributed by atoms with Crippen LogP contribution in [0.5, 0.6) is 0 Å². The van der Waals surface area contributed by atoms with E-state index >= 15 is 0 Å². The van der Waals surface area contributed by atoms with Crippen LogP contribution < -0.4 is 11.1 Å². The molecule has 1 fully saturated rings. The Hall–Kier alpha value is -1.32. The van der Waals surface area contributed by atoms with Crippen molar-refractivity contribution in [3.8, 4) is 0 Å². The van der Waals surface area contributed by atoms with Crippen LogP contribution in [0.3, 0.4) is 0 Å². The van der Waals surface area contributed by atoms with Gasteiger partial charge in [0.1, 0.15) is 0 Å². The van der Waals surface area contributed by atoms with Crippen LogP contribution in [0.25, 0.3) is 10.9 Å². The first kappa shape index (κ1) is 11.8. The Labute approximate surface area is 108 Å². The summed E-state index contributed by atoms with van der Waals surface area (Å²) in [5.74, 6) is 0. The van der Waals surface area contributed by atoms with Crippen LogP contribution in [0.2, 0.25) is 0 Å². The summed E-state index contributed by atoms with van der Waals surface area (Å²) < 4.78 is 0. The number of rotatable bonds is 4. The van der Waals surface area contributed by atoms with Gasteiger partial charge in [0.2, 0.25) is 0 Å². The molecule has 96 valence electrons. The molecular formula is C15H21N3. The van der Waals surface area contributed by atoms with Crippen molar-refractivity contribution in [2.45, 2.75) is 44.8 Å². The van der Waals surface area contributed by atoms with E-state index in [0.717, 1.165) is 6.54 Å². The van der Waals surface area contributed by atoms with E-state index in [2.05, 4.69) is 34.7 Å². The summed E-state index contributed by atoms with van der Waals surface area (Å²) >= 11 is 0. The normalized spacial score (nSPS) is 16.7.